The number of H-pyrrole nitrogens is 1. The molecule has 1 heterocycles. The Morgan fingerprint density at radius 2 is 1.86 bits per heavy atom. The fraction of sp³-hybridized carbons (Fsp3) is 0.111. The second-order valence-electron chi connectivity index (χ2n) is 5.06. The number of rotatable bonds is 3. The molecule has 0 radical (unpaired) electrons. The van der Waals surface area contributed by atoms with Gasteiger partial charge in [-0.05, 0) is 24.3 Å². The Balaban J connectivity index is 2.15. The molecule has 2 N–H and O–H groups in total. The second kappa shape index (κ2) is 5.85. The number of carbonyl (C=O) groups is 1. The standard InChI is InChI=1S/C18H16N2O2/c1-12(21)19-14-8-9-16-15(10-14)18(22-2)11-17(20-16)13-6-4-3-5-7-13/h3-11H,1-2H3,(H,19,21)/p+1. The predicted molar refractivity (Wildman–Crippen MR) is 86.8 cm³/mol. The van der Waals surface area contributed by atoms with Crippen molar-refractivity contribution in [2.75, 3.05) is 12.4 Å². The first-order valence-electron chi connectivity index (χ1n) is 7.04. The number of benzene rings is 2. The van der Waals surface area contributed by atoms with E-state index in [9.17, 15) is 4.79 Å². The zero-order valence-electron chi connectivity index (χ0n) is 12.5. The average Bonchev–Trinajstić information content (AvgIpc) is 2.54. The molecule has 110 valence electrons. The number of nitrogens with one attached hydrogen (secondary N) is 2. The molecule has 0 aliphatic heterocycles. The monoisotopic (exact) mass is 293 g/mol. The third-order valence-electron chi connectivity index (χ3n) is 3.45. The van der Waals surface area contributed by atoms with E-state index in [1.165, 1.54) is 6.92 Å². The number of pyridine rings is 1. The number of aromatic amines is 1. The van der Waals surface area contributed by atoms with E-state index in [4.69, 9.17) is 4.74 Å². The molecule has 4 nitrogen and oxygen atoms in total. The molecule has 0 bridgehead atoms. The van der Waals surface area contributed by atoms with Crippen LogP contribution in [0.15, 0.2) is 54.6 Å². The van der Waals surface area contributed by atoms with Crippen LogP contribution in [0.25, 0.3) is 22.2 Å². The number of anilines is 1. The SMILES string of the molecule is COc1cc(-c2ccccc2)[nH+]c2ccc(NC(C)=O)cc12. The Labute approximate surface area is 128 Å². The molecule has 0 aliphatic rings. The molecule has 22 heavy (non-hydrogen) atoms. The first kappa shape index (κ1) is 14.1. The van der Waals surface area contributed by atoms with Crippen LogP contribution in [0.4, 0.5) is 5.69 Å². The van der Waals surface area contributed by atoms with Crippen molar-refractivity contribution in [3.63, 3.8) is 0 Å². The Morgan fingerprint density at radius 1 is 1.09 bits per heavy atom. The van der Waals surface area contributed by atoms with Crippen LogP contribution in [0.1, 0.15) is 6.92 Å². The zero-order valence-corrected chi connectivity index (χ0v) is 12.5. The minimum absolute atomic E-state index is 0.0943. The van der Waals surface area contributed by atoms with Crippen LogP contribution in [-0.4, -0.2) is 13.0 Å². The Morgan fingerprint density at radius 3 is 2.55 bits per heavy atom. The van der Waals surface area contributed by atoms with Gasteiger partial charge >= 0.3 is 0 Å². The van der Waals surface area contributed by atoms with Gasteiger partial charge in [-0.1, -0.05) is 18.2 Å². The number of ether oxygens (including phenoxy) is 1. The van der Waals surface area contributed by atoms with Gasteiger partial charge in [0.25, 0.3) is 0 Å². The molecule has 0 saturated carbocycles. The van der Waals surface area contributed by atoms with E-state index in [-0.39, 0.29) is 5.91 Å². The van der Waals surface area contributed by atoms with E-state index >= 15 is 0 Å². The highest BCUT2D eigenvalue weighted by molar-refractivity contribution is 5.93. The van der Waals surface area contributed by atoms with Crippen LogP contribution in [0, 0.1) is 0 Å². The molecule has 0 saturated heterocycles. The van der Waals surface area contributed by atoms with Crippen molar-refractivity contribution >= 4 is 22.5 Å². The summed E-state index contributed by atoms with van der Waals surface area (Å²) in [5, 5.41) is 3.71. The molecule has 3 aromatic rings. The van der Waals surface area contributed by atoms with Gasteiger partial charge in [-0.3, -0.25) is 4.79 Å². The van der Waals surface area contributed by atoms with E-state index < -0.39 is 0 Å². The van der Waals surface area contributed by atoms with Gasteiger partial charge < -0.3 is 10.1 Å². The number of fused-ring (bicyclic) bond motifs is 1. The molecule has 0 aliphatic carbocycles. The molecule has 1 amide bonds. The third kappa shape index (κ3) is 2.76. The minimum atomic E-state index is -0.0943. The lowest BCUT2D eigenvalue weighted by Crippen LogP contribution is -2.10. The van der Waals surface area contributed by atoms with Crippen molar-refractivity contribution in [2.24, 2.45) is 0 Å². The van der Waals surface area contributed by atoms with Crippen molar-refractivity contribution in [3.05, 3.63) is 54.6 Å². The fourth-order valence-electron chi connectivity index (χ4n) is 2.47. The lowest BCUT2D eigenvalue weighted by Gasteiger charge is -2.07. The largest absolute Gasteiger partial charge is 0.496 e. The normalized spacial score (nSPS) is 10.5. The van der Waals surface area contributed by atoms with Crippen molar-refractivity contribution in [2.45, 2.75) is 6.92 Å². The first-order chi connectivity index (χ1) is 10.7. The van der Waals surface area contributed by atoms with E-state index in [1.807, 2.05) is 54.6 Å². The van der Waals surface area contributed by atoms with Crippen LogP contribution < -0.4 is 15.0 Å². The minimum Gasteiger partial charge on any atom is -0.496 e. The van der Waals surface area contributed by atoms with Crippen LogP contribution in [0.2, 0.25) is 0 Å². The highest BCUT2D eigenvalue weighted by atomic mass is 16.5. The summed E-state index contributed by atoms with van der Waals surface area (Å²) in [4.78, 5) is 14.6. The predicted octanol–water partition coefficient (Wildman–Crippen LogP) is 3.29. The maximum Gasteiger partial charge on any atom is 0.221 e. The van der Waals surface area contributed by atoms with Crippen molar-refractivity contribution in [3.8, 4) is 17.0 Å². The number of hydrogen-bond donors (Lipinski definition) is 1. The van der Waals surface area contributed by atoms with Crippen molar-refractivity contribution in [1.82, 2.24) is 0 Å². The van der Waals surface area contributed by atoms with Crippen LogP contribution in [-0.2, 0) is 4.79 Å². The number of amides is 1. The van der Waals surface area contributed by atoms with Crippen LogP contribution >= 0.6 is 0 Å². The maximum absolute atomic E-state index is 11.2. The van der Waals surface area contributed by atoms with Gasteiger partial charge in [0.1, 0.15) is 5.75 Å². The van der Waals surface area contributed by atoms with Gasteiger partial charge in [-0.25, -0.2) is 4.98 Å². The fourth-order valence-corrected chi connectivity index (χ4v) is 2.47. The van der Waals surface area contributed by atoms with Gasteiger partial charge in [0.15, 0.2) is 0 Å². The topological polar surface area (TPSA) is 52.5 Å². The quantitative estimate of drug-likeness (QED) is 0.805. The molecular weight excluding hydrogens is 276 g/mol. The van der Waals surface area contributed by atoms with E-state index in [0.717, 1.165) is 33.6 Å². The highest BCUT2D eigenvalue weighted by Crippen LogP contribution is 2.29. The Bertz CT molecular complexity index is 829. The second-order valence-corrected chi connectivity index (χ2v) is 5.06. The van der Waals surface area contributed by atoms with Crippen molar-refractivity contribution in [1.29, 1.82) is 0 Å². The number of aromatic nitrogens is 1. The Hall–Kier alpha value is -2.88. The molecular formula is C18H17N2O2+. The van der Waals surface area contributed by atoms with Gasteiger partial charge in [0.05, 0.1) is 18.6 Å². The molecule has 4 heteroatoms. The van der Waals surface area contributed by atoms with E-state index in [2.05, 4.69) is 10.3 Å². The van der Waals surface area contributed by atoms with Gasteiger partial charge in [0.2, 0.25) is 17.1 Å². The summed E-state index contributed by atoms with van der Waals surface area (Å²) < 4.78 is 5.52. The Kier molecular flexibility index (Phi) is 3.74. The van der Waals surface area contributed by atoms with E-state index in [1.54, 1.807) is 7.11 Å². The summed E-state index contributed by atoms with van der Waals surface area (Å²) in [7, 11) is 1.65. The summed E-state index contributed by atoms with van der Waals surface area (Å²) in [5.74, 6) is 0.669. The molecule has 1 aromatic heterocycles. The third-order valence-corrected chi connectivity index (χ3v) is 3.45. The number of methoxy groups -OCH3 is 1. The summed E-state index contributed by atoms with van der Waals surface area (Å²) in [6.07, 6.45) is 0. The highest BCUT2D eigenvalue weighted by Gasteiger charge is 2.14. The van der Waals surface area contributed by atoms with Gasteiger partial charge in [-0.15, -0.1) is 0 Å². The number of carbonyl (C=O) groups excluding carboxylic acids is 1. The smallest absolute Gasteiger partial charge is 0.221 e. The lowest BCUT2D eigenvalue weighted by molar-refractivity contribution is -0.331. The van der Waals surface area contributed by atoms with Crippen LogP contribution in [0.3, 0.4) is 0 Å². The first-order valence-corrected chi connectivity index (χ1v) is 7.04. The summed E-state index contributed by atoms with van der Waals surface area (Å²) >= 11 is 0. The summed E-state index contributed by atoms with van der Waals surface area (Å²) in [6, 6.07) is 17.8. The summed E-state index contributed by atoms with van der Waals surface area (Å²) in [6.45, 7) is 1.49. The zero-order chi connectivity index (χ0) is 15.5. The molecule has 0 atom stereocenters. The van der Waals surface area contributed by atoms with Crippen molar-refractivity contribution < 1.29 is 14.5 Å². The molecule has 0 spiro atoms. The maximum atomic E-state index is 11.2. The summed E-state index contributed by atoms with van der Waals surface area (Å²) in [5.41, 5.74) is 3.78. The molecule has 3 rings (SSSR count). The lowest BCUT2D eigenvalue weighted by atomic mass is 10.1. The van der Waals surface area contributed by atoms with E-state index in [0.29, 0.717) is 0 Å². The van der Waals surface area contributed by atoms with Gasteiger partial charge in [-0.2, -0.15) is 0 Å². The van der Waals surface area contributed by atoms with Gasteiger partial charge in [0, 0.05) is 24.2 Å². The molecule has 0 unspecified atom stereocenters. The molecule has 2 aromatic carbocycles. The van der Waals surface area contributed by atoms with Crippen LogP contribution in [0.5, 0.6) is 5.75 Å². The number of hydrogen-bond acceptors (Lipinski definition) is 2. The molecule has 0 fully saturated rings. The average molecular weight is 293 g/mol.